The van der Waals surface area contributed by atoms with Crippen LogP contribution in [0.1, 0.15) is 26.2 Å². The predicted octanol–water partition coefficient (Wildman–Crippen LogP) is 1.84. The highest BCUT2D eigenvalue weighted by Gasteiger charge is 2.22. The molecule has 0 bridgehead atoms. The molecule has 0 aromatic rings. The summed E-state index contributed by atoms with van der Waals surface area (Å²) in [4.78, 5) is 10.7. The number of esters is 1. The van der Waals surface area contributed by atoms with Crippen molar-refractivity contribution in [1.82, 2.24) is 0 Å². The monoisotopic (exact) mass is 174 g/mol. The molecule has 1 rings (SSSR count). The molecule has 0 N–H and O–H groups in total. The van der Waals surface area contributed by atoms with Crippen LogP contribution in [-0.4, -0.2) is 23.6 Å². The predicted molar refractivity (Wildman–Crippen MR) is 46.7 cm³/mol. The van der Waals surface area contributed by atoms with Crippen LogP contribution in [0.3, 0.4) is 0 Å². The van der Waals surface area contributed by atoms with Crippen molar-refractivity contribution in [3.8, 4) is 0 Å². The van der Waals surface area contributed by atoms with E-state index in [1.54, 1.807) is 0 Å². The molecule has 0 aromatic carbocycles. The molecule has 64 valence electrons. The van der Waals surface area contributed by atoms with Crippen LogP contribution in [0.25, 0.3) is 0 Å². The van der Waals surface area contributed by atoms with E-state index in [2.05, 4.69) is 6.92 Å². The molecule has 3 heteroatoms. The zero-order chi connectivity index (χ0) is 8.10. The molecule has 1 saturated heterocycles. The Kier molecular flexibility index (Phi) is 3.77. The summed E-state index contributed by atoms with van der Waals surface area (Å²) in [7, 11) is 0. The van der Waals surface area contributed by atoms with Gasteiger partial charge in [-0.05, 0) is 24.3 Å². The Morgan fingerprint density at radius 3 is 3.09 bits per heavy atom. The van der Waals surface area contributed by atoms with Gasteiger partial charge in [0.05, 0.1) is 0 Å². The van der Waals surface area contributed by atoms with E-state index in [-0.39, 0.29) is 12.1 Å². The van der Waals surface area contributed by atoms with Gasteiger partial charge in [-0.3, -0.25) is 4.79 Å². The molecule has 1 aliphatic rings. The lowest BCUT2D eigenvalue weighted by Gasteiger charge is -2.06. The summed E-state index contributed by atoms with van der Waals surface area (Å²) >= 11 is 1.90. The normalized spacial score (nSPS) is 23.7. The van der Waals surface area contributed by atoms with Gasteiger partial charge >= 0.3 is 5.97 Å². The SMILES string of the molecule is CCSCCC1CCC(=O)O1. The third-order valence-electron chi connectivity index (χ3n) is 1.76. The molecule has 0 radical (unpaired) electrons. The second-order valence-corrected chi connectivity index (χ2v) is 4.03. The minimum atomic E-state index is -0.0171. The van der Waals surface area contributed by atoms with Crippen molar-refractivity contribution in [2.75, 3.05) is 11.5 Å². The number of cyclic esters (lactones) is 1. The third kappa shape index (κ3) is 3.14. The van der Waals surface area contributed by atoms with Gasteiger partial charge in [0.15, 0.2) is 0 Å². The Morgan fingerprint density at radius 2 is 2.55 bits per heavy atom. The van der Waals surface area contributed by atoms with Crippen molar-refractivity contribution in [2.24, 2.45) is 0 Å². The van der Waals surface area contributed by atoms with Crippen molar-refractivity contribution in [3.05, 3.63) is 0 Å². The Morgan fingerprint density at radius 1 is 1.73 bits per heavy atom. The molecule has 2 nitrogen and oxygen atoms in total. The molecule has 11 heavy (non-hydrogen) atoms. The van der Waals surface area contributed by atoms with Gasteiger partial charge < -0.3 is 4.74 Å². The Hall–Kier alpha value is -0.180. The van der Waals surface area contributed by atoms with Crippen LogP contribution < -0.4 is 0 Å². The minimum absolute atomic E-state index is 0.0171. The lowest BCUT2D eigenvalue weighted by Crippen LogP contribution is -2.07. The fourth-order valence-corrected chi connectivity index (χ4v) is 1.86. The zero-order valence-corrected chi connectivity index (χ0v) is 7.65. The summed E-state index contributed by atoms with van der Waals surface area (Å²) < 4.78 is 5.06. The maximum Gasteiger partial charge on any atom is 0.306 e. The molecule has 1 fully saturated rings. The first-order valence-electron chi connectivity index (χ1n) is 4.10. The van der Waals surface area contributed by atoms with E-state index in [1.807, 2.05) is 11.8 Å². The van der Waals surface area contributed by atoms with Crippen molar-refractivity contribution in [1.29, 1.82) is 0 Å². The van der Waals surface area contributed by atoms with Crippen LogP contribution in [0.5, 0.6) is 0 Å². The van der Waals surface area contributed by atoms with Crippen LogP contribution in [0, 0.1) is 0 Å². The van der Waals surface area contributed by atoms with E-state index in [0.717, 1.165) is 24.3 Å². The molecule has 0 aromatic heterocycles. The lowest BCUT2D eigenvalue weighted by atomic mass is 10.2. The maximum atomic E-state index is 10.7. The highest BCUT2D eigenvalue weighted by atomic mass is 32.2. The zero-order valence-electron chi connectivity index (χ0n) is 6.84. The number of rotatable bonds is 4. The fourth-order valence-electron chi connectivity index (χ4n) is 1.14. The summed E-state index contributed by atoms with van der Waals surface area (Å²) in [5.41, 5.74) is 0. The standard InChI is InChI=1S/C8H14O2S/c1-2-11-6-5-7-3-4-8(9)10-7/h7H,2-6H2,1H3. The van der Waals surface area contributed by atoms with Crippen LogP contribution >= 0.6 is 11.8 Å². The summed E-state index contributed by atoms with van der Waals surface area (Å²) in [5.74, 6) is 2.26. The lowest BCUT2D eigenvalue weighted by molar-refractivity contribution is -0.141. The summed E-state index contributed by atoms with van der Waals surface area (Å²) in [6.07, 6.45) is 2.82. The Bertz CT molecular complexity index is 136. The average molecular weight is 174 g/mol. The smallest absolute Gasteiger partial charge is 0.306 e. The molecular formula is C8H14O2S. The van der Waals surface area contributed by atoms with Crippen molar-refractivity contribution in [2.45, 2.75) is 32.3 Å². The molecule has 0 aliphatic carbocycles. The number of hydrogen-bond acceptors (Lipinski definition) is 3. The van der Waals surface area contributed by atoms with Gasteiger partial charge in [0, 0.05) is 6.42 Å². The largest absolute Gasteiger partial charge is 0.462 e. The van der Waals surface area contributed by atoms with E-state index >= 15 is 0 Å². The number of carbonyl (C=O) groups excluding carboxylic acids is 1. The fraction of sp³-hybridized carbons (Fsp3) is 0.875. The van der Waals surface area contributed by atoms with E-state index in [0.29, 0.717) is 6.42 Å². The molecule has 0 amide bonds. The van der Waals surface area contributed by atoms with E-state index in [9.17, 15) is 4.79 Å². The van der Waals surface area contributed by atoms with Gasteiger partial charge in [-0.2, -0.15) is 11.8 Å². The van der Waals surface area contributed by atoms with E-state index < -0.39 is 0 Å². The van der Waals surface area contributed by atoms with Crippen LogP contribution in [0.4, 0.5) is 0 Å². The Labute approximate surface area is 71.7 Å². The molecule has 1 heterocycles. The maximum absolute atomic E-state index is 10.7. The number of ether oxygens (including phenoxy) is 1. The third-order valence-corrected chi connectivity index (χ3v) is 2.69. The van der Waals surface area contributed by atoms with Gasteiger partial charge in [-0.1, -0.05) is 6.92 Å². The van der Waals surface area contributed by atoms with Crippen molar-refractivity contribution < 1.29 is 9.53 Å². The second kappa shape index (κ2) is 4.65. The van der Waals surface area contributed by atoms with Crippen LogP contribution in [0.2, 0.25) is 0 Å². The van der Waals surface area contributed by atoms with E-state index in [4.69, 9.17) is 4.74 Å². The van der Waals surface area contributed by atoms with Gasteiger partial charge in [0.25, 0.3) is 0 Å². The molecule has 1 atom stereocenters. The molecule has 0 spiro atoms. The highest BCUT2D eigenvalue weighted by Crippen LogP contribution is 2.18. The molecule has 1 unspecified atom stereocenters. The number of thioether (sulfide) groups is 1. The first kappa shape index (κ1) is 8.91. The van der Waals surface area contributed by atoms with Gasteiger partial charge in [0.2, 0.25) is 0 Å². The topological polar surface area (TPSA) is 26.3 Å². The summed E-state index contributed by atoms with van der Waals surface area (Å²) in [6.45, 7) is 2.14. The van der Waals surface area contributed by atoms with Crippen molar-refractivity contribution in [3.63, 3.8) is 0 Å². The number of hydrogen-bond donors (Lipinski definition) is 0. The average Bonchev–Trinajstić information content (AvgIpc) is 2.37. The quantitative estimate of drug-likeness (QED) is 0.480. The Balaban J connectivity index is 2.04. The second-order valence-electron chi connectivity index (χ2n) is 2.64. The first-order chi connectivity index (χ1) is 5.33. The van der Waals surface area contributed by atoms with Gasteiger partial charge in [-0.25, -0.2) is 0 Å². The number of carbonyl (C=O) groups is 1. The van der Waals surface area contributed by atoms with Crippen LogP contribution in [-0.2, 0) is 9.53 Å². The summed E-state index contributed by atoms with van der Waals surface area (Å²) in [6, 6.07) is 0. The van der Waals surface area contributed by atoms with Crippen molar-refractivity contribution >= 4 is 17.7 Å². The van der Waals surface area contributed by atoms with Gasteiger partial charge in [0.1, 0.15) is 6.10 Å². The molecular weight excluding hydrogens is 160 g/mol. The van der Waals surface area contributed by atoms with Gasteiger partial charge in [-0.15, -0.1) is 0 Å². The summed E-state index contributed by atoms with van der Waals surface area (Å²) in [5, 5.41) is 0. The molecule has 0 saturated carbocycles. The molecule has 1 aliphatic heterocycles. The highest BCUT2D eigenvalue weighted by molar-refractivity contribution is 7.99. The van der Waals surface area contributed by atoms with E-state index in [1.165, 1.54) is 0 Å². The van der Waals surface area contributed by atoms with Crippen LogP contribution in [0.15, 0.2) is 0 Å². The minimum Gasteiger partial charge on any atom is -0.462 e. The first-order valence-corrected chi connectivity index (χ1v) is 5.25.